The van der Waals surface area contributed by atoms with Gasteiger partial charge in [0.25, 0.3) is 0 Å². The van der Waals surface area contributed by atoms with Crippen molar-refractivity contribution in [3.63, 3.8) is 0 Å². The van der Waals surface area contributed by atoms with Crippen LogP contribution in [0.1, 0.15) is 42.2 Å². The van der Waals surface area contributed by atoms with Crippen molar-refractivity contribution in [3.05, 3.63) is 59.2 Å². The Morgan fingerprint density at radius 3 is 2.81 bits per heavy atom. The third kappa shape index (κ3) is 2.74. The van der Waals surface area contributed by atoms with Crippen molar-refractivity contribution < 1.29 is 14.6 Å². The highest BCUT2D eigenvalue weighted by atomic mass is 16.5. The molecule has 1 heterocycles. The van der Waals surface area contributed by atoms with Gasteiger partial charge in [-0.1, -0.05) is 29.8 Å². The van der Waals surface area contributed by atoms with Gasteiger partial charge in [-0.2, -0.15) is 0 Å². The maximum atomic E-state index is 10.4. The monoisotopic (exact) mass is 284 g/mol. The first-order valence-corrected chi connectivity index (χ1v) is 7.36. The number of ether oxygens (including phenoxy) is 2. The summed E-state index contributed by atoms with van der Waals surface area (Å²) >= 11 is 0. The van der Waals surface area contributed by atoms with Crippen molar-refractivity contribution in [1.82, 2.24) is 0 Å². The van der Waals surface area contributed by atoms with Gasteiger partial charge in [0.05, 0.1) is 12.7 Å². The number of aryl methyl sites for hydroxylation is 1. The van der Waals surface area contributed by atoms with Crippen molar-refractivity contribution in [2.45, 2.75) is 32.5 Å². The zero-order valence-corrected chi connectivity index (χ0v) is 12.4. The average Bonchev–Trinajstić information content (AvgIpc) is 2.49. The summed E-state index contributed by atoms with van der Waals surface area (Å²) in [7, 11) is 0. The van der Waals surface area contributed by atoms with Crippen LogP contribution in [0.5, 0.6) is 11.5 Å². The minimum Gasteiger partial charge on any atom is -0.493 e. The van der Waals surface area contributed by atoms with E-state index < -0.39 is 6.10 Å². The summed E-state index contributed by atoms with van der Waals surface area (Å²) in [6.07, 6.45) is -0.146. The lowest BCUT2D eigenvalue weighted by atomic mass is 9.93. The first kappa shape index (κ1) is 14.0. The fourth-order valence-electron chi connectivity index (χ4n) is 2.79. The SMILES string of the molecule is CCOc1ccccc1C1C[C@@H](O)c2cc(C)ccc2O1. The number of para-hydroxylation sites is 1. The molecule has 3 heteroatoms. The first-order valence-electron chi connectivity index (χ1n) is 7.36. The van der Waals surface area contributed by atoms with E-state index in [1.54, 1.807) is 0 Å². The second-order valence-corrected chi connectivity index (χ2v) is 5.37. The lowest BCUT2D eigenvalue weighted by Crippen LogP contribution is -2.19. The molecule has 2 atom stereocenters. The molecule has 0 amide bonds. The number of rotatable bonds is 3. The van der Waals surface area contributed by atoms with E-state index in [0.717, 1.165) is 28.2 Å². The summed E-state index contributed by atoms with van der Waals surface area (Å²) in [4.78, 5) is 0. The summed E-state index contributed by atoms with van der Waals surface area (Å²) in [6, 6.07) is 13.8. The number of fused-ring (bicyclic) bond motifs is 1. The summed E-state index contributed by atoms with van der Waals surface area (Å²) in [6.45, 7) is 4.59. The number of hydrogen-bond acceptors (Lipinski definition) is 3. The van der Waals surface area contributed by atoms with E-state index in [2.05, 4.69) is 0 Å². The molecule has 0 fully saturated rings. The smallest absolute Gasteiger partial charge is 0.130 e. The zero-order valence-electron chi connectivity index (χ0n) is 12.4. The van der Waals surface area contributed by atoms with E-state index in [4.69, 9.17) is 9.47 Å². The van der Waals surface area contributed by atoms with Crippen molar-refractivity contribution in [2.24, 2.45) is 0 Å². The van der Waals surface area contributed by atoms with Crippen LogP contribution >= 0.6 is 0 Å². The molecule has 0 aliphatic carbocycles. The molecule has 0 saturated heterocycles. The Labute approximate surface area is 125 Å². The van der Waals surface area contributed by atoms with Gasteiger partial charge < -0.3 is 14.6 Å². The van der Waals surface area contributed by atoms with Crippen LogP contribution in [0.3, 0.4) is 0 Å². The summed E-state index contributed by atoms with van der Waals surface area (Å²) in [5, 5.41) is 10.4. The molecule has 2 aromatic rings. The van der Waals surface area contributed by atoms with Gasteiger partial charge in [0, 0.05) is 17.5 Å². The van der Waals surface area contributed by atoms with Gasteiger partial charge in [-0.25, -0.2) is 0 Å². The van der Waals surface area contributed by atoms with Crippen LogP contribution in [0, 0.1) is 6.92 Å². The molecule has 110 valence electrons. The second-order valence-electron chi connectivity index (χ2n) is 5.37. The molecule has 21 heavy (non-hydrogen) atoms. The Hall–Kier alpha value is -2.00. The Bertz CT molecular complexity index is 636. The van der Waals surface area contributed by atoms with Crippen molar-refractivity contribution in [2.75, 3.05) is 6.61 Å². The molecule has 3 rings (SSSR count). The number of benzene rings is 2. The highest BCUT2D eigenvalue weighted by Gasteiger charge is 2.29. The van der Waals surface area contributed by atoms with E-state index in [0.29, 0.717) is 13.0 Å². The Morgan fingerprint density at radius 1 is 1.19 bits per heavy atom. The normalized spacial score (nSPS) is 20.5. The number of hydrogen-bond donors (Lipinski definition) is 1. The Morgan fingerprint density at radius 2 is 2.00 bits per heavy atom. The van der Waals surface area contributed by atoms with E-state index >= 15 is 0 Å². The maximum Gasteiger partial charge on any atom is 0.130 e. The minimum absolute atomic E-state index is 0.182. The van der Waals surface area contributed by atoms with Crippen molar-refractivity contribution in [1.29, 1.82) is 0 Å². The molecule has 1 unspecified atom stereocenters. The first-order chi connectivity index (χ1) is 10.2. The summed E-state index contributed by atoms with van der Waals surface area (Å²) in [5.41, 5.74) is 2.99. The molecule has 0 saturated carbocycles. The molecular formula is C18H20O3. The molecule has 1 N–H and O–H groups in total. The molecule has 0 aromatic heterocycles. The lowest BCUT2D eigenvalue weighted by molar-refractivity contribution is 0.0642. The van der Waals surface area contributed by atoms with Crippen LogP contribution in [0.4, 0.5) is 0 Å². The van der Waals surface area contributed by atoms with Gasteiger partial charge in [0.2, 0.25) is 0 Å². The van der Waals surface area contributed by atoms with Crippen LogP contribution in [0.2, 0.25) is 0 Å². The Balaban J connectivity index is 1.94. The van der Waals surface area contributed by atoms with Gasteiger partial charge in [0.1, 0.15) is 17.6 Å². The predicted molar refractivity (Wildman–Crippen MR) is 81.7 cm³/mol. The lowest BCUT2D eigenvalue weighted by Gasteiger charge is -2.31. The van der Waals surface area contributed by atoms with Crippen molar-refractivity contribution >= 4 is 0 Å². The quantitative estimate of drug-likeness (QED) is 0.927. The van der Waals surface area contributed by atoms with Gasteiger partial charge in [0.15, 0.2) is 0 Å². The second kappa shape index (κ2) is 5.78. The van der Waals surface area contributed by atoms with Crippen LogP contribution in [-0.2, 0) is 0 Å². The van der Waals surface area contributed by atoms with Gasteiger partial charge in [-0.15, -0.1) is 0 Å². The maximum absolute atomic E-state index is 10.4. The average molecular weight is 284 g/mol. The molecule has 0 spiro atoms. The van der Waals surface area contributed by atoms with Crippen molar-refractivity contribution in [3.8, 4) is 11.5 Å². The van der Waals surface area contributed by atoms with E-state index in [1.165, 1.54) is 0 Å². The minimum atomic E-state index is -0.506. The third-order valence-corrected chi connectivity index (χ3v) is 3.80. The predicted octanol–water partition coefficient (Wildman–Crippen LogP) is 3.95. The fraction of sp³-hybridized carbons (Fsp3) is 0.333. The number of aliphatic hydroxyl groups excluding tert-OH is 1. The van der Waals surface area contributed by atoms with Crippen LogP contribution in [-0.4, -0.2) is 11.7 Å². The summed E-state index contributed by atoms with van der Waals surface area (Å²) in [5.74, 6) is 1.59. The van der Waals surface area contributed by atoms with E-state index in [1.807, 2.05) is 56.3 Å². The molecule has 1 aliphatic rings. The van der Waals surface area contributed by atoms with Gasteiger partial charge >= 0.3 is 0 Å². The van der Waals surface area contributed by atoms with Gasteiger partial charge in [-0.3, -0.25) is 0 Å². The van der Waals surface area contributed by atoms with E-state index in [9.17, 15) is 5.11 Å². The third-order valence-electron chi connectivity index (χ3n) is 3.80. The molecule has 0 bridgehead atoms. The number of aliphatic hydroxyl groups is 1. The molecule has 1 aliphatic heterocycles. The largest absolute Gasteiger partial charge is 0.493 e. The van der Waals surface area contributed by atoms with E-state index in [-0.39, 0.29) is 6.10 Å². The van der Waals surface area contributed by atoms with Gasteiger partial charge in [-0.05, 0) is 32.0 Å². The van der Waals surface area contributed by atoms with Crippen LogP contribution in [0.15, 0.2) is 42.5 Å². The molecule has 3 nitrogen and oxygen atoms in total. The zero-order chi connectivity index (χ0) is 14.8. The Kier molecular flexibility index (Phi) is 3.84. The van der Waals surface area contributed by atoms with Crippen LogP contribution < -0.4 is 9.47 Å². The fourth-order valence-corrected chi connectivity index (χ4v) is 2.79. The molecule has 0 radical (unpaired) electrons. The highest BCUT2D eigenvalue weighted by Crippen LogP contribution is 2.43. The van der Waals surface area contributed by atoms with Crippen LogP contribution in [0.25, 0.3) is 0 Å². The molecule has 2 aromatic carbocycles. The highest BCUT2D eigenvalue weighted by molar-refractivity contribution is 5.43. The summed E-state index contributed by atoms with van der Waals surface area (Å²) < 4.78 is 11.8. The topological polar surface area (TPSA) is 38.7 Å². The molecular weight excluding hydrogens is 264 g/mol. The standard InChI is InChI=1S/C18H20O3/c1-3-20-16-7-5-4-6-13(16)18-11-15(19)14-10-12(2)8-9-17(14)21-18/h4-10,15,18-19H,3,11H2,1-2H3/t15-,18?/m1/s1.